The van der Waals surface area contributed by atoms with E-state index in [1.807, 2.05) is 0 Å². The molecule has 104 valence electrons. The average Bonchev–Trinajstić information content (AvgIpc) is 2.93. The highest BCUT2D eigenvalue weighted by Gasteiger charge is 2.23. The second-order valence-corrected chi connectivity index (χ2v) is 4.39. The molecule has 1 saturated heterocycles. The number of nitrogens with one attached hydrogen (secondary N) is 1. The molecule has 1 fully saturated rings. The Hall–Kier alpha value is -2.94. The molecule has 0 aliphatic carbocycles. The third-order valence-corrected chi connectivity index (χ3v) is 2.92. The van der Waals surface area contributed by atoms with E-state index >= 15 is 0 Å². The third-order valence-electron chi connectivity index (χ3n) is 2.92. The van der Waals surface area contributed by atoms with E-state index in [2.05, 4.69) is 27.1 Å². The normalized spacial score (nSPS) is 16.6. The van der Waals surface area contributed by atoms with Crippen molar-refractivity contribution in [3.63, 3.8) is 0 Å². The van der Waals surface area contributed by atoms with Crippen molar-refractivity contribution < 1.29 is 13.9 Å². The van der Waals surface area contributed by atoms with Crippen molar-refractivity contribution in [3.8, 4) is 11.8 Å². The predicted molar refractivity (Wildman–Crippen MR) is 71.6 cm³/mol. The number of aromatic nitrogens is 2. The molecule has 0 unspecified atom stereocenters. The van der Waals surface area contributed by atoms with Crippen LogP contribution in [0.3, 0.4) is 0 Å². The zero-order valence-electron chi connectivity index (χ0n) is 10.8. The van der Waals surface area contributed by atoms with Crippen molar-refractivity contribution in [2.45, 2.75) is 6.04 Å². The predicted octanol–water partition coefficient (Wildman–Crippen LogP) is 1.80. The van der Waals surface area contributed by atoms with Crippen molar-refractivity contribution in [2.24, 2.45) is 0 Å². The van der Waals surface area contributed by atoms with Gasteiger partial charge < -0.3 is 10.1 Å². The van der Waals surface area contributed by atoms with Crippen molar-refractivity contribution >= 4 is 6.09 Å². The Bertz CT molecular complexity index is 752. The molecular weight excluding hydrogens is 273 g/mol. The number of alkyl carbamates (subject to hydrolysis) is 1. The minimum atomic E-state index is -0.467. The molecule has 0 bridgehead atoms. The molecule has 1 N–H and O–H groups in total. The van der Waals surface area contributed by atoms with Gasteiger partial charge in [0.25, 0.3) is 0 Å². The minimum absolute atomic E-state index is 0.0837. The monoisotopic (exact) mass is 283 g/mol. The fourth-order valence-corrected chi connectivity index (χ4v) is 1.89. The molecule has 21 heavy (non-hydrogen) atoms. The van der Waals surface area contributed by atoms with E-state index in [9.17, 15) is 9.18 Å². The molecule has 0 saturated carbocycles. The van der Waals surface area contributed by atoms with Crippen LogP contribution in [-0.2, 0) is 4.74 Å². The van der Waals surface area contributed by atoms with E-state index in [0.29, 0.717) is 5.56 Å². The number of hydrogen-bond acceptors (Lipinski definition) is 4. The Morgan fingerprint density at radius 2 is 2.29 bits per heavy atom. The van der Waals surface area contributed by atoms with E-state index in [1.54, 1.807) is 18.5 Å². The summed E-state index contributed by atoms with van der Waals surface area (Å²) in [6, 6.07) is 4.35. The van der Waals surface area contributed by atoms with Gasteiger partial charge in [-0.05, 0) is 29.7 Å². The van der Waals surface area contributed by atoms with Crippen LogP contribution in [0, 0.1) is 17.7 Å². The first-order chi connectivity index (χ1) is 10.2. The van der Waals surface area contributed by atoms with E-state index in [4.69, 9.17) is 4.74 Å². The van der Waals surface area contributed by atoms with Crippen LogP contribution in [0.1, 0.15) is 22.9 Å². The quantitative estimate of drug-likeness (QED) is 0.810. The number of rotatable bonds is 1. The molecule has 2 aromatic heterocycles. The molecule has 1 aliphatic rings. The molecular formula is C15H10FN3O2. The number of halogens is 1. The minimum Gasteiger partial charge on any atom is -0.447 e. The first kappa shape index (κ1) is 13.1. The van der Waals surface area contributed by atoms with Gasteiger partial charge in [-0.2, -0.15) is 0 Å². The molecule has 2 aromatic rings. The van der Waals surface area contributed by atoms with Crippen LogP contribution < -0.4 is 5.32 Å². The Labute approximate surface area is 120 Å². The molecule has 1 amide bonds. The summed E-state index contributed by atoms with van der Waals surface area (Å²) in [6.45, 7) is 0.256. The highest BCUT2D eigenvalue weighted by Crippen LogP contribution is 2.17. The summed E-state index contributed by atoms with van der Waals surface area (Å²) in [5.41, 5.74) is 1.48. The zero-order valence-corrected chi connectivity index (χ0v) is 10.8. The van der Waals surface area contributed by atoms with Gasteiger partial charge in [-0.1, -0.05) is 5.92 Å². The summed E-state index contributed by atoms with van der Waals surface area (Å²) in [6.07, 6.45) is 4.22. The Balaban J connectivity index is 1.84. The van der Waals surface area contributed by atoms with E-state index in [-0.39, 0.29) is 18.3 Å². The summed E-state index contributed by atoms with van der Waals surface area (Å²) in [4.78, 5) is 19.0. The van der Waals surface area contributed by atoms with E-state index in [0.717, 1.165) is 5.56 Å². The topological polar surface area (TPSA) is 64.1 Å². The number of amides is 1. The van der Waals surface area contributed by atoms with Gasteiger partial charge in [0.2, 0.25) is 0 Å². The smallest absolute Gasteiger partial charge is 0.407 e. The van der Waals surface area contributed by atoms with Crippen LogP contribution in [0.5, 0.6) is 0 Å². The molecule has 6 heteroatoms. The molecule has 5 nitrogen and oxygen atoms in total. The summed E-state index contributed by atoms with van der Waals surface area (Å²) in [5, 5.41) is 2.66. The van der Waals surface area contributed by atoms with Crippen LogP contribution in [-0.4, -0.2) is 22.7 Å². The second-order valence-electron chi connectivity index (χ2n) is 4.39. The van der Waals surface area contributed by atoms with Gasteiger partial charge in [-0.3, -0.25) is 4.98 Å². The SMILES string of the molecule is O=C1N[C@H](c2cncc(C#Cc3ncccc3F)c2)CO1. The number of hydrogen-bond donors (Lipinski definition) is 1. The van der Waals surface area contributed by atoms with Crippen molar-refractivity contribution in [1.82, 2.24) is 15.3 Å². The lowest BCUT2D eigenvalue weighted by atomic mass is 10.1. The molecule has 1 aliphatic heterocycles. The van der Waals surface area contributed by atoms with Gasteiger partial charge in [0.15, 0.2) is 5.82 Å². The maximum absolute atomic E-state index is 13.4. The largest absolute Gasteiger partial charge is 0.447 e. The maximum atomic E-state index is 13.4. The van der Waals surface area contributed by atoms with Crippen LogP contribution in [0.25, 0.3) is 0 Å². The molecule has 0 aromatic carbocycles. The fraction of sp³-hybridized carbons (Fsp3) is 0.133. The second kappa shape index (κ2) is 5.59. The lowest BCUT2D eigenvalue weighted by Crippen LogP contribution is -2.18. The zero-order chi connectivity index (χ0) is 14.7. The van der Waals surface area contributed by atoms with Crippen LogP contribution >= 0.6 is 0 Å². The van der Waals surface area contributed by atoms with Crippen molar-refractivity contribution in [3.05, 3.63) is 59.4 Å². The lowest BCUT2D eigenvalue weighted by molar-refractivity contribution is 0.177. The summed E-state index contributed by atoms with van der Waals surface area (Å²) in [5.74, 6) is 5.00. The first-order valence-electron chi connectivity index (χ1n) is 6.23. The van der Waals surface area contributed by atoms with Gasteiger partial charge in [-0.25, -0.2) is 14.2 Å². The maximum Gasteiger partial charge on any atom is 0.407 e. The Morgan fingerprint density at radius 3 is 3.05 bits per heavy atom. The number of cyclic esters (lactones) is 1. The Morgan fingerprint density at radius 1 is 1.38 bits per heavy atom. The number of nitrogens with zero attached hydrogens (tertiary/aromatic N) is 2. The van der Waals surface area contributed by atoms with E-state index in [1.165, 1.54) is 18.3 Å². The first-order valence-corrected chi connectivity index (χ1v) is 6.23. The summed E-state index contributed by atoms with van der Waals surface area (Å²) in [7, 11) is 0. The molecule has 3 rings (SSSR count). The highest BCUT2D eigenvalue weighted by molar-refractivity contribution is 5.70. The van der Waals surface area contributed by atoms with Crippen LogP contribution in [0.15, 0.2) is 36.8 Å². The van der Waals surface area contributed by atoms with Gasteiger partial charge >= 0.3 is 6.09 Å². The van der Waals surface area contributed by atoms with Crippen molar-refractivity contribution in [1.29, 1.82) is 0 Å². The Kier molecular flexibility index (Phi) is 3.48. The molecule has 3 heterocycles. The van der Waals surface area contributed by atoms with E-state index < -0.39 is 11.9 Å². The van der Waals surface area contributed by atoms with Crippen molar-refractivity contribution in [2.75, 3.05) is 6.61 Å². The molecule has 1 atom stereocenters. The number of carbonyl (C=O) groups is 1. The summed E-state index contributed by atoms with van der Waals surface area (Å²) >= 11 is 0. The standard InChI is InChI=1S/C15H10FN3O2/c16-12-2-1-5-18-13(12)4-3-10-6-11(8-17-7-10)14-9-21-15(20)19-14/h1-2,5-8,14H,9H2,(H,19,20)/t14-/m0/s1. The summed E-state index contributed by atoms with van der Waals surface area (Å²) < 4.78 is 18.2. The number of carbonyl (C=O) groups excluding carboxylic acids is 1. The van der Waals surface area contributed by atoms with Gasteiger partial charge in [0, 0.05) is 24.2 Å². The lowest BCUT2D eigenvalue weighted by Gasteiger charge is -2.06. The number of pyridine rings is 2. The molecule has 0 spiro atoms. The van der Waals surface area contributed by atoms with Gasteiger partial charge in [0.1, 0.15) is 12.3 Å². The number of ether oxygens (including phenoxy) is 1. The van der Waals surface area contributed by atoms with Crippen LogP contribution in [0.2, 0.25) is 0 Å². The van der Waals surface area contributed by atoms with Gasteiger partial charge in [-0.15, -0.1) is 0 Å². The van der Waals surface area contributed by atoms with Crippen LogP contribution in [0.4, 0.5) is 9.18 Å². The third kappa shape index (κ3) is 2.98. The average molecular weight is 283 g/mol. The van der Waals surface area contributed by atoms with Gasteiger partial charge in [0.05, 0.1) is 6.04 Å². The fourth-order valence-electron chi connectivity index (χ4n) is 1.89. The highest BCUT2D eigenvalue weighted by atomic mass is 19.1. The molecule has 0 radical (unpaired) electrons.